The van der Waals surface area contributed by atoms with Crippen LogP contribution in [0.4, 0.5) is 17.6 Å². The van der Waals surface area contributed by atoms with Gasteiger partial charge in [0.1, 0.15) is 10.2 Å². The highest BCUT2D eigenvalue weighted by atomic mass is 79.9. The van der Waals surface area contributed by atoms with Crippen LogP contribution in [-0.4, -0.2) is 113 Å². The second kappa shape index (κ2) is 22.3. The van der Waals surface area contributed by atoms with Crippen LogP contribution in [0.15, 0.2) is 0 Å². The van der Waals surface area contributed by atoms with Gasteiger partial charge in [0, 0.05) is 0 Å². The molecule has 0 saturated heterocycles. The molecule has 0 amide bonds. The van der Waals surface area contributed by atoms with Crippen molar-refractivity contribution in [2.45, 2.75) is 68.7 Å². The summed E-state index contributed by atoms with van der Waals surface area (Å²) in [5, 5.41) is 38.9. The standard InChI is InChI=1S/C4H5F3O5S.C4H8O5S.C3H5BrO2.C3H5ClO2.C3H5FO2/c1-2(3(8)9)12-13(10,11)4(5,6)7;1-3(4(5)6)9-10(2,7)8;3*1-2(4)3(5)6/h2H,1H3,(H,8,9);3H,1-2H3,(H,5,6);3*2H,1H3,(H,5,6). The summed E-state index contributed by atoms with van der Waals surface area (Å²) in [7, 11) is -9.47. The molecule has 0 aliphatic carbocycles. The third-order valence-electron chi connectivity index (χ3n) is 2.59. The average Bonchev–Trinajstić information content (AvgIpc) is 2.72. The van der Waals surface area contributed by atoms with Crippen LogP contribution in [0.3, 0.4) is 0 Å². The number of hydrogen-bond acceptors (Lipinski definition) is 11. The summed E-state index contributed by atoms with van der Waals surface area (Å²) >= 11 is 7.85. The molecule has 0 aliphatic heterocycles. The number of halogens is 6. The van der Waals surface area contributed by atoms with Crippen LogP contribution >= 0.6 is 27.5 Å². The Kier molecular flexibility index (Phi) is 26.3. The van der Waals surface area contributed by atoms with Crippen molar-refractivity contribution < 1.29 is 92.3 Å². The molecule has 5 atom stereocenters. The minimum absolute atomic E-state index is 0.419. The van der Waals surface area contributed by atoms with Crippen LogP contribution < -0.4 is 0 Å². The summed E-state index contributed by atoms with van der Waals surface area (Å²) in [5.41, 5.74) is -5.60. The average molecular weight is 744 g/mol. The lowest BCUT2D eigenvalue weighted by Crippen LogP contribution is -2.32. The van der Waals surface area contributed by atoms with Crippen LogP contribution in [0, 0.1) is 0 Å². The lowest BCUT2D eigenvalue weighted by atomic mass is 10.4. The first kappa shape index (κ1) is 48.4. The largest absolute Gasteiger partial charge is 0.523 e. The molecule has 0 aromatic rings. The Balaban J connectivity index is -0.000000138. The third-order valence-corrected chi connectivity index (χ3v) is 4.92. The molecule has 0 aromatic heterocycles. The van der Waals surface area contributed by atoms with Crippen molar-refractivity contribution in [3.05, 3.63) is 0 Å². The van der Waals surface area contributed by atoms with Gasteiger partial charge in [0.15, 0.2) is 18.4 Å². The van der Waals surface area contributed by atoms with Gasteiger partial charge < -0.3 is 25.5 Å². The maximum Gasteiger partial charge on any atom is 0.523 e. The van der Waals surface area contributed by atoms with Crippen LogP contribution in [0.1, 0.15) is 34.6 Å². The SMILES string of the molecule is CC(Br)C(=O)O.CC(Cl)C(=O)O.CC(F)C(=O)O.CC(OS(=O)(=O)C(F)(F)F)C(=O)O.CC(OS(C)(=O)=O)C(=O)O. The van der Waals surface area contributed by atoms with Crippen molar-refractivity contribution in [1.82, 2.24) is 0 Å². The first-order valence-corrected chi connectivity index (χ1v) is 14.4. The van der Waals surface area contributed by atoms with Crippen molar-refractivity contribution in [1.29, 1.82) is 0 Å². The Morgan fingerprint density at radius 2 is 0.951 bits per heavy atom. The molecule has 0 saturated carbocycles. The summed E-state index contributed by atoms with van der Waals surface area (Å²) in [5.74, 6) is -6.31. The van der Waals surface area contributed by atoms with E-state index in [0.717, 1.165) is 20.1 Å². The summed E-state index contributed by atoms with van der Waals surface area (Å²) in [6, 6.07) is 0. The van der Waals surface area contributed by atoms with Crippen molar-refractivity contribution >= 4 is 77.6 Å². The van der Waals surface area contributed by atoms with Gasteiger partial charge in [0.2, 0.25) is 0 Å². The van der Waals surface area contributed by atoms with Gasteiger partial charge in [-0.05, 0) is 34.6 Å². The molecule has 0 rings (SSSR count). The van der Waals surface area contributed by atoms with Gasteiger partial charge >= 0.3 is 45.5 Å². The monoisotopic (exact) mass is 742 g/mol. The predicted octanol–water partition coefficient (Wildman–Crippen LogP) is 1.74. The Morgan fingerprint density at radius 1 is 0.707 bits per heavy atom. The lowest BCUT2D eigenvalue weighted by molar-refractivity contribution is -0.145. The second-order valence-corrected chi connectivity index (χ2v) is 11.8. The van der Waals surface area contributed by atoms with E-state index in [1.807, 2.05) is 0 Å². The molecule has 16 nitrogen and oxygen atoms in total. The van der Waals surface area contributed by atoms with E-state index < -0.39 is 84.2 Å². The lowest BCUT2D eigenvalue weighted by Gasteiger charge is -2.10. The Morgan fingerprint density at radius 3 is 1.05 bits per heavy atom. The number of alkyl halides is 6. The zero-order chi connectivity index (χ0) is 34.7. The van der Waals surface area contributed by atoms with Crippen molar-refractivity contribution in [2.24, 2.45) is 0 Å². The number of aliphatic carboxylic acids is 5. The zero-order valence-corrected chi connectivity index (χ0v) is 25.7. The van der Waals surface area contributed by atoms with E-state index in [1.54, 1.807) is 6.92 Å². The van der Waals surface area contributed by atoms with E-state index in [2.05, 4.69) is 24.3 Å². The Hall–Kier alpha value is -2.34. The molecule has 5 unspecified atom stereocenters. The van der Waals surface area contributed by atoms with Gasteiger partial charge in [-0.25, -0.2) is 23.0 Å². The number of hydrogen-bond donors (Lipinski definition) is 5. The maximum atomic E-state index is 11.6. The topological polar surface area (TPSA) is 273 Å². The highest BCUT2D eigenvalue weighted by Gasteiger charge is 2.48. The fourth-order valence-corrected chi connectivity index (χ4v) is 1.77. The van der Waals surface area contributed by atoms with Gasteiger partial charge in [-0.2, -0.15) is 30.0 Å². The minimum atomic E-state index is -5.82. The van der Waals surface area contributed by atoms with E-state index >= 15 is 0 Å². The Labute approximate surface area is 244 Å². The summed E-state index contributed by atoms with van der Waals surface area (Å²) in [4.78, 5) is 48.1. The molecule has 0 spiro atoms. The molecule has 0 radical (unpaired) electrons. The maximum absolute atomic E-state index is 11.6. The fraction of sp³-hybridized carbons (Fsp3) is 0.706. The van der Waals surface area contributed by atoms with Crippen LogP contribution in [0.25, 0.3) is 0 Å². The number of carboxylic acids is 5. The number of rotatable bonds is 9. The van der Waals surface area contributed by atoms with Gasteiger partial charge in [0.25, 0.3) is 10.1 Å². The third kappa shape index (κ3) is 35.6. The van der Waals surface area contributed by atoms with Crippen LogP contribution in [-0.2, 0) is 52.6 Å². The summed E-state index contributed by atoms with van der Waals surface area (Å²) in [6.07, 6.45) is -4.31. The molecule has 0 bridgehead atoms. The van der Waals surface area contributed by atoms with Gasteiger partial charge in [-0.15, -0.1) is 11.6 Å². The fourth-order valence-electron chi connectivity index (χ4n) is 0.589. The van der Waals surface area contributed by atoms with Gasteiger partial charge in [-0.1, -0.05) is 15.9 Å². The van der Waals surface area contributed by atoms with E-state index in [-0.39, 0.29) is 0 Å². The quantitative estimate of drug-likeness (QED) is 0.0973. The Bertz CT molecular complexity index is 1000. The first-order chi connectivity index (χ1) is 17.8. The van der Waals surface area contributed by atoms with Crippen molar-refractivity contribution in [3.8, 4) is 0 Å². The van der Waals surface area contributed by atoms with E-state index in [0.29, 0.717) is 6.92 Å². The number of carbonyl (C=O) groups is 5. The van der Waals surface area contributed by atoms with Crippen LogP contribution in [0.2, 0.25) is 0 Å². The van der Waals surface area contributed by atoms with Crippen molar-refractivity contribution in [3.63, 3.8) is 0 Å². The highest BCUT2D eigenvalue weighted by molar-refractivity contribution is 9.10. The molecular formula is C17H28BrClF4O16S2. The predicted molar refractivity (Wildman–Crippen MR) is 133 cm³/mol. The first-order valence-electron chi connectivity index (χ1n) is 9.77. The molecule has 0 fully saturated rings. The molecule has 5 N–H and O–H groups in total. The normalized spacial score (nSPS) is 14.4. The van der Waals surface area contributed by atoms with Gasteiger partial charge in [0.05, 0.1) is 6.26 Å². The molecule has 246 valence electrons. The van der Waals surface area contributed by atoms with Crippen LogP contribution in [0.5, 0.6) is 0 Å². The molecule has 41 heavy (non-hydrogen) atoms. The molecular weight excluding hydrogens is 716 g/mol. The second-order valence-electron chi connectivity index (χ2n) is 6.62. The van der Waals surface area contributed by atoms with Crippen molar-refractivity contribution in [2.75, 3.05) is 6.26 Å². The number of carboxylic acid groups (broad SMARTS) is 5. The van der Waals surface area contributed by atoms with E-state index in [4.69, 9.17) is 37.1 Å². The van der Waals surface area contributed by atoms with E-state index in [1.165, 1.54) is 6.92 Å². The van der Waals surface area contributed by atoms with Gasteiger partial charge in [-0.3, -0.25) is 13.8 Å². The molecule has 24 heteroatoms. The molecule has 0 heterocycles. The summed E-state index contributed by atoms with van der Waals surface area (Å²) in [6.45, 7) is 5.75. The minimum Gasteiger partial charge on any atom is -0.480 e. The highest BCUT2D eigenvalue weighted by Crippen LogP contribution is 2.25. The molecule has 0 aliphatic rings. The van der Waals surface area contributed by atoms with E-state index in [9.17, 15) is 58.4 Å². The molecule has 0 aromatic carbocycles. The smallest absolute Gasteiger partial charge is 0.480 e. The zero-order valence-electron chi connectivity index (χ0n) is 21.7. The summed E-state index contributed by atoms with van der Waals surface area (Å²) < 4.78 is 94.1.